The van der Waals surface area contributed by atoms with Gasteiger partial charge in [0.05, 0.1) is 29.5 Å². The molecule has 6 nitrogen and oxygen atoms in total. The molecule has 0 saturated carbocycles. The van der Waals surface area contributed by atoms with E-state index in [1.54, 1.807) is 25.3 Å². The Morgan fingerprint density at radius 2 is 1.68 bits per heavy atom. The summed E-state index contributed by atoms with van der Waals surface area (Å²) in [5, 5.41) is 5.96. The average Bonchev–Trinajstić information content (AvgIpc) is 2.88. The number of rotatable bonds is 6. The van der Waals surface area contributed by atoms with Crippen LogP contribution in [0.4, 0.5) is 5.69 Å². The Hall–Kier alpha value is -4.10. The quantitative estimate of drug-likeness (QED) is 0.272. The smallest absolute Gasteiger partial charge is 0.266 e. The van der Waals surface area contributed by atoms with Crippen molar-refractivity contribution in [3.8, 4) is 11.4 Å². The molecule has 0 atom stereocenters. The number of anilines is 1. The van der Waals surface area contributed by atoms with E-state index in [4.69, 9.17) is 9.72 Å². The van der Waals surface area contributed by atoms with Crippen molar-refractivity contribution in [1.82, 2.24) is 9.55 Å². The van der Waals surface area contributed by atoms with Crippen molar-refractivity contribution in [3.05, 3.63) is 101 Å². The minimum absolute atomic E-state index is 0.0952. The molecule has 7 heteroatoms. The van der Waals surface area contributed by atoms with Gasteiger partial charge in [0, 0.05) is 17.1 Å². The number of nitrogens with one attached hydrogen (secondary N) is 1. The van der Waals surface area contributed by atoms with E-state index >= 15 is 0 Å². The molecule has 0 aliphatic carbocycles. The largest absolute Gasteiger partial charge is 0.497 e. The zero-order chi connectivity index (χ0) is 23.5. The molecule has 4 aromatic carbocycles. The van der Waals surface area contributed by atoms with E-state index < -0.39 is 0 Å². The van der Waals surface area contributed by atoms with Gasteiger partial charge >= 0.3 is 0 Å². The standard InChI is InChI=1S/C27H21N3O3S/c1-33-20-11-7-10-19(16-20)30-26(32)22-13-4-5-14-24(22)29-27(30)34-17-25(31)28-23-15-6-9-18-8-2-3-12-21(18)23/h2-16H,17H2,1H3,(H,28,31). The van der Waals surface area contributed by atoms with Crippen molar-refractivity contribution in [2.24, 2.45) is 0 Å². The Balaban J connectivity index is 1.48. The van der Waals surface area contributed by atoms with Crippen LogP contribution >= 0.6 is 11.8 Å². The van der Waals surface area contributed by atoms with Crippen LogP contribution in [0.3, 0.4) is 0 Å². The molecule has 1 N–H and O–H groups in total. The zero-order valence-corrected chi connectivity index (χ0v) is 19.2. The maximum atomic E-state index is 13.4. The summed E-state index contributed by atoms with van der Waals surface area (Å²) in [6, 6.07) is 28.1. The maximum Gasteiger partial charge on any atom is 0.266 e. The molecular formula is C27H21N3O3S. The van der Waals surface area contributed by atoms with Gasteiger partial charge in [-0.25, -0.2) is 4.98 Å². The molecule has 0 bridgehead atoms. The summed E-state index contributed by atoms with van der Waals surface area (Å²) in [5.74, 6) is 0.543. The molecule has 0 aliphatic rings. The highest BCUT2D eigenvalue weighted by Gasteiger charge is 2.16. The lowest BCUT2D eigenvalue weighted by Gasteiger charge is -2.14. The van der Waals surface area contributed by atoms with Gasteiger partial charge in [-0.3, -0.25) is 14.2 Å². The summed E-state index contributed by atoms with van der Waals surface area (Å²) >= 11 is 1.22. The number of carbonyl (C=O) groups is 1. The normalized spacial score (nSPS) is 11.0. The Labute approximate surface area is 200 Å². The molecule has 5 rings (SSSR count). The highest BCUT2D eigenvalue weighted by atomic mass is 32.2. The van der Waals surface area contributed by atoms with E-state index in [2.05, 4.69) is 5.32 Å². The monoisotopic (exact) mass is 467 g/mol. The molecule has 34 heavy (non-hydrogen) atoms. The summed E-state index contributed by atoms with van der Waals surface area (Å²) in [6.45, 7) is 0. The number of hydrogen-bond acceptors (Lipinski definition) is 5. The first-order valence-corrected chi connectivity index (χ1v) is 11.7. The predicted molar refractivity (Wildman–Crippen MR) is 137 cm³/mol. The van der Waals surface area contributed by atoms with E-state index in [1.165, 1.54) is 16.3 Å². The van der Waals surface area contributed by atoms with E-state index in [0.717, 1.165) is 16.5 Å². The Morgan fingerprint density at radius 1 is 0.941 bits per heavy atom. The molecule has 5 aromatic rings. The fourth-order valence-electron chi connectivity index (χ4n) is 3.84. The summed E-state index contributed by atoms with van der Waals surface area (Å²) in [4.78, 5) is 31.0. The van der Waals surface area contributed by atoms with Gasteiger partial charge in [-0.05, 0) is 35.7 Å². The Morgan fingerprint density at radius 3 is 2.53 bits per heavy atom. The van der Waals surface area contributed by atoms with Gasteiger partial charge in [0.25, 0.3) is 5.56 Å². The van der Waals surface area contributed by atoms with Crippen LogP contribution in [0.1, 0.15) is 0 Å². The lowest BCUT2D eigenvalue weighted by Crippen LogP contribution is -2.23. The highest BCUT2D eigenvalue weighted by Crippen LogP contribution is 2.26. The molecule has 0 spiro atoms. The van der Waals surface area contributed by atoms with Crippen molar-refractivity contribution in [1.29, 1.82) is 0 Å². The lowest BCUT2D eigenvalue weighted by atomic mass is 10.1. The molecule has 168 valence electrons. The molecule has 0 saturated heterocycles. The van der Waals surface area contributed by atoms with E-state index in [9.17, 15) is 9.59 Å². The average molecular weight is 468 g/mol. The molecular weight excluding hydrogens is 446 g/mol. The van der Waals surface area contributed by atoms with Gasteiger partial charge in [0.2, 0.25) is 5.91 Å². The number of benzene rings is 4. The van der Waals surface area contributed by atoms with Crippen LogP contribution in [0.2, 0.25) is 0 Å². The highest BCUT2D eigenvalue weighted by molar-refractivity contribution is 7.99. The third kappa shape index (κ3) is 4.25. The second-order valence-electron chi connectivity index (χ2n) is 7.62. The topological polar surface area (TPSA) is 73.2 Å². The third-order valence-electron chi connectivity index (χ3n) is 5.45. The summed E-state index contributed by atoms with van der Waals surface area (Å²) in [5.41, 5.74) is 1.76. The SMILES string of the molecule is COc1cccc(-n2c(SCC(=O)Nc3cccc4ccccc34)nc3ccccc3c2=O)c1. The van der Waals surface area contributed by atoms with Gasteiger partial charge in [0.1, 0.15) is 5.75 Å². The molecule has 0 aliphatic heterocycles. The Bertz CT molecular complexity index is 1570. The van der Waals surface area contributed by atoms with Gasteiger partial charge in [-0.2, -0.15) is 0 Å². The fraction of sp³-hybridized carbons (Fsp3) is 0.0741. The predicted octanol–water partition coefficient (Wildman–Crippen LogP) is 5.28. The van der Waals surface area contributed by atoms with Gasteiger partial charge in [-0.15, -0.1) is 0 Å². The van der Waals surface area contributed by atoms with Crippen LogP contribution < -0.4 is 15.6 Å². The molecule has 1 heterocycles. The first kappa shape index (κ1) is 21.7. The number of nitrogens with zero attached hydrogens (tertiary/aromatic N) is 2. The van der Waals surface area contributed by atoms with Crippen molar-refractivity contribution in [2.75, 3.05) is 18.2 Å². The van der Waals surface area contributed by atoms with Gasteiger partial charge in [0.15, 0.2) is 5.16 Å². The van der Waals surface area contributed by atoms with Crippen LogP contribution in [-0.4, -0.2) is 28.3 Å². The van der Waals surface area contributed by atoms with E-state index in [0.29, 0.717) is 27.5 Å². The van der Waals surface area contributed by atoms with Crippen molar-refractivity contribution >= 4 is 45.0 Å². The lowest BCUT2D eigenvalue weighted by molar-refractivity contribution is -0.113. The fourth-order valence-corrected chi connectivity index (χ4v) is 4.65. The number of carbonyl (C=O) groups excluding carboxylic acids is 1. The first-order valence-electron chi connectivity index (χ1n) is 10.7. The summed E-state index contributed by atoms with van der Waals surface area (Å²) in [6.07, 6.45) is 0. The number of para-hydroxylation sites is 1. The van der Waals surface area contributed by atoms with Crippen LogP contribution in [-0.2, 0) is 4.79 Å². The first-order chi connectivity index (χ1) is 16.6. The molecule has 1 amide bonds. The second-order valence-corrected chi connectivity index (χ2v) is 8.56. The maximum absolute atomic E-state index is 13.4. The number of fused-ring (bicyclic) bond motifs is 2. The summed E-state index contributed by atoms with van der Waals surface area (Å²) < 4.78 is 6.87. The van der Waals surface area contributed by atoms with Crippen molar-refractivity contribution < 1.29 is 9.53 Å². The molecule has 0 unspecified atom stereocenters. The molecule has 0 fully saturated rings. The zero-order valence-electron chi connectivity index (χ0n) is 18.4. The van der Waals surface area contributed by atoms with E-state index in [1.807, 2.05) is 72.8 Å². The van der Waals surface area contributed by atoms with Crippen molar-refractivity contribution in [2.45, 2.75) is 5.16 Å². The Kier molecular flexibility index (Phi) is 6.01. The number of amides is 1. The van der Waals surface area contributed by atoms with E-state index in [-0.39, 0.29) is 17.2 Å². The second kappa shape index (κ2) is 9.41. The summed E-state index contributed by atoms with van der Waals surface area (Å²) in [7, 11) is 1.58. The van der Waals surface area contributed by atoms with Crippen LogP contribution in [0.5, 0.6) is 5.75 Å². The number of aromatic nitrogens is 2. The molecule has 0 radical (unpaired) electrons. The number of ether oxygens (including phenoxy) is 1. The van der Waals surface area contributed by atoms with Crippen molar-refractivity contribution in [3.63, 3.8) is 0 Å². The number of hydrogen-bond donors (Lipinski definition) is 1. The number of methoxy groups -OCH3 is 1. The minimum atomic E-state index is -0.198. The van der Waals surface area contributed by atoms with Crippen LogP contribution in [0, 0.1) is 0 Å². The minimum Gasteiger partial charge on any atom is -0.497 e. The van der Waals surface area contributed by atoms with Gasteiger partial charge in [-0.1, -0.05) is 66.4 Å². The number of thioether (sulfide) groups is 1. The third-order valence-corrected chi connectivity index (χ3v) is 6.39. The molecule has 1 aromatic heterocycles. The van der Waals surface area contributed by atoms with Crippen LogP contribution in [0.15, 0.2) is 101 Å². The van der Waals surface area contributed by atoms with Gasteiger partial charge < -0.3 is 10.1 Å². The van der Waals surface area contributed by atoms with Crippen LogP contribution in [0.25, 0.3) is 27.4 Å².